The van der Waals surface area contributed by atoms with Crippen molar-refractivity contribution in [3.63, 3.8) is 0 Å². The lowest BCUT2D eigenvalue weighted by atomic mass is 9.85. The highest BCUT2D eigenvalue weighted by atomic mass is 35.5. The second-order valence-corrected chi connectivity index (χ2v) is 6.67. The molecule has 1 heterocycles. The zero-order chi connectivity index (χ0) is 15.2. The number of carbonyl (C=O) groups excluding carboxylic acids is 1. The van der Waals surface area contributed by atoms with E-state index in [0.717, 1.165) is 22.4 Å². The Morgan fingerprint density at radius 1 is 1.10 bits per heavy atom. The van der Waals surface area contributed by atoms with Crippen LogP contribution in [0.1, 0.15) is 35.9 Å². The van der Waals surface area contributed by atoms with E-state index in [9.17, 15) is 4.79 Å². The van der Waals surface area contributed by atoms with Gasteiger partial charge in [-0.1, -0.05) is 35.9 Å². The van der Waals surface area contributed by atoms with Crippen LogP contribution >= 0.6 is 23.2 Å². The Balaban J connectivity index is 2.02. The molecule has 0 fully saturated rings. The SMILES string of the molecule is CC1(C)C(=O)Nc2ccc(C(Cl)c3cccc(Cl)c3)cc21. The minimum atomic E-state index is -0.531. The molecule has 0 radical (unpaired) electrons. The highest BCUT2D eigenvalue weighted by Crippen LogP contribution is 2.40. The number of hydrogen-bond acceptors (Lipinski definition) is 1. The summed E-state index contributed by atoms with van der Waals surface area (Å²) in [5, 5.41) is 3.27. The van der Waals surface area contributed by atoms with Crippen LogP contribution in [0.4, 0.5) is 5.69 Å². The number of halogens is 2. The van der Waals surface area contributed by atoms with Crippen molar-refractivity contribution >= 4 is 34.8 Å². The van der Waals surface area contributed by atoms with Gasteiger partial charge in [-0.25, -0.2) is 0 Å². The number of carbonyl (C=O) groups is 1. The molecule has 2 aromatic rings. The maximum Gasteiger partial charge on any atom is 0.234 e. The Morgan fingerprint density at radius 2 is 1.81 bits per heavy atom. The fourth-order valence-electron chi connectivity index (χ4n) is 2.60. The smallest absolute Gasteiger partial charge is 0.234 e. The van der Waals surface area contributed by atoms with E-state index in [2.05, 4.69) is 5.32 Å². The number of benzene rings is 2. The van der Waals surface area contributed by atoms with Crippen molar-refractivity contribution in [2.45, 2.75) is 24.6 Å². The van der Waals surface area contributed by atoms with Crippen LogP contribution in [-0.2, 0) is 10.2 Å². The number of rotatable bonds is 2. The highest BCUT2D eigenvalue weighted by Gasteiger charge is 2.38. The van der Waals surface area contributed by atoms with Crippen molar-refractivity contribution in [2.24, 2.45) is 0 Å². The van der Waals surface area contributed by atoms with Crippen molar-refractivity contribution in [1.82, 2.24) is 0 Å². The molecule has 1 N–H and O–H groups in total. The number of amides is 1. The summed E-state index contributed by atoms with van der Waals surface area (Å²) >= 11 is 12.6. The highest BCUT2D eigenvalue weighted by molar-refractivity contribution is 6.30. The molecule has 0 bridgehead atoms. The van der Waals surface area contributed by atoms with Crippen LogP contribution in [0.25, 0.3) is 0 Å². The zero-order valence-electron chi connectivity index (χ0n) is 11.8. The van der Waals surface area contributed by atoms with Crippen LogP contribution in [0.5, 0.6) is 0 Å². The molecular formula is C17H15Cl2NO. The van der Waals surface area contributed by atoms with Crippen LogP contribution in [0, 0.1) is 0 Å². The number of anilines is 1. The fourth-order valence-corrected chi connectivity index (χ4v) is 3.07. The van der Waals surface area contributed by atoms with Gasteiger partial charge >= 0.3 is 0 Å². The van der Waals surface area contributed by atoms with Crippen molar-refractivity contribution in [1.29, 1.82) is 0 Å². The molecule has 1 atom stereocenters. The first-order valence-electron chi connectivity index (χ1n) is 6.75. The predicted octanol–water partition coefficient (Wildman–Crippen LogP) is 4.90. The van der Waals surface area contributed by atoms with E-state index in [4.69, 9.17) is 23.2 Å². The Bertz CT molecular complexity index is 724. The molecule has 1 unspecified atom stereocenters. The number of nitrogens with one attached hydrogen (secondary N) is 1. The monoisotopic (exact) mass is 319 g/mol. The van der Waals surface area contributed by atoms with E-state index in [0.29, 0.717) is 5.02 Å². The maximum absolute atomic E-state index is 12.0. The van der Waals surface area contributed by atoms with Crippen LogP contribution in [0.3, 0.4) is 0 Å². The van der Waals surface area contributed by atoms with Crippen LogP contribution in [0.15, 0.2) is 42.5 Å². The van der Waals surface area contributed by atoms with Gasteiger partial charge in [-0.05, 0) is 48.7 Å². The fraction of sp³-hybridized carbons (Fsp3) is 0.235. The molecule has 2 aromatic carbocycles. The van der Waals surface area contributed by atoms with Gasteiger partial charge < -0.3 is 5.32 Å². The van der Waals surface area contributed by atoms with Gasteiger partial charge in [0.15, 0.2) is 0 Å². The Kier molecular flexibility index (Phi) is 3.46. The molecule has 0 spiro atoms. The number of fused-ring (bicyclic) bond motifs is 1. The minimum absolute atomic E-state index is 0.0172. The van der Waals surface area contributed by atoms with Crippen molar-refractivity contribution in [2.75, 3.05) is 5.32 Å². The van der Waals surface area contributed by atoms with E-state index in [1.165, 1.54) is 0 Å². The summed E-state index contributed by atoms with van der Waals surface area (Å²) in [6.45, 7) is 3.83. The summed E-state index contributed by atoms with van der Waals surface area (Å²) in [6, 6.07) is 13.4. The lowest BCUT2D eigenvalue weighted by Gasteiger charge is -2.17. The topological polar surface area (TPSA) is 29.1 Å². The van der Waals surface area contributed by atoms with Crippen LogP contribution in [0.2, 0.25) is 5.02 Å². The van der Waals surface area contributed by atoms with Gasteiger partial charge in [0, 0.05) is 10.7 Å². The van der Waals surface area contributed by atoms with E-state index in [1.807, 2.05) is 56.3 Å². The van der Waals surface area contributed by atoms with Gasteiger partial charge in [0.25, 0.3) is 0 Å². The summed E-state index contributed by atoms with van der Waals surface area (Å²) < 4.78 is 0. The van der Waals surface area contributed by atoms with Crippen LogP contribution < -0.4 is 5.32 Å². The Labute approximate surface area is 134 Å². The molecule has 3 rings (SSSR count). The van der Waals surface area contributed by atoms with Gasteiger partial charge in [-0.2, -0.15) is 0 Å². The first-order chi connectivity index (χ1) is 9.89. The quantitative estimate of drug-likeness (QED) is 0.784. The molecule has 4 heteroatoms. The molecule has 2 nitrogen and oxygen atoms in total. The standard InChI is InChI=1S/C17H15Cl2NO/c1-17(2)13-9-11(6-7-14(13)20-16(17)21)15(19)10-4-3-5-12(18)8-10/h3-9,15H,1-2H3,(H,20,21). The van der Waals surface area contributed by atoms with E-state index >= 15 is 0 Å². The molecule has 0 aromatic heterocycles. The van der Waals surface area contributed by atoms with E-state index in [1.54, 1.807) is 0 Å². The Morgan fingerprint density at radius 3 is 2.52 bits per heavy atom. The van der Waals surface area contributed by atoms with Crippen molar-refractivity contribution in [3.05, 3.63) is 64.2 Å². The first kappa shape index (κ1) is 14.4. The van der Waals surface area contributed by atoms with Crippen molar-refractivity contribution < 1.29 is 4.79 Å². The second-order valence-electron chi connectivity index (χ2n) is 5.80. The average molecular weight is 320 g/mol. The van der Waals surface area contributed by atoms with Gasteiger partial charge in [-0.15, -0.1) is 11.6 Å². The summed E-state index contributed by atoms with van der Waals surface area (Å²) in [5.74, 6) is 0.0172. The van der Waals surface area contributed by atoms with Crippen LogP contribution in [-0.4, -0.2) is 5.91 Å². The molecule has 0 saturated heterocycles. The molecular weight excluding hydrogens is 305 g/mol. The normalized spacial score (nSPS) is 17.2. The Hall–Kier alpha value is -1.51. The lowest BCUT2D eigenvalue weighted by molar-refractivity contribution is -0.119. The zero-order valence-corrected chi connectivity index (χ0v) is 13.3. The molecule has 108 valence electrons. The second kappa shape index (κ2) is 5.04. The number of hydrogen-bond donors (Lipinski definition) is 1. The molecule has 0 aliphatic carbocycles. The third-order valence-corrected chi connectivity index (χ3v) is 4.71. The summed E-state index contributed by atoms with van der Waals surface area (Å²) in [5.41, 5.74) is 3.22. The summed E-state index contributed by atoms with van der Waals surface area (Å²) in [4.78, 5) is 12.0. The number of alkyl halides is 1. The third kappa shape index (κ3) is 2.43. The van der Waals surface area contributed by atoms with Gasteiger partial charge in [-0.3, -0.25) is 4.79 Å². The molecule has 0 saturated carbocycles. The summed E-state index contributed by atoms with van der Waals surface area (Å²) in [7, 11) is 0. The largest absolute Gasteiger partial charge is 0.325 e. The lowest BCUT2D eigenvalue weighted by Crippen LogP contribution is -2.26. The van der Waals surface area contributed by atoms with Gasteiger partial charge in [0.1, 0.15) is 0 Å². The third-order valence-electron chi connectivity index (χ3n) is 3.97. The molecule has 1 aliphatic heterocycles. The van der Waals surface area contributed by atoms with Gasteiger partial charge in [0.2, 0.25) is 5.91 Å². The average Bonchev–Trinajstić information content (AvgIpc) is 2.68. The molecule has 1 amide bonds. The van der Waals surface area contributed by atoms with E-state index < -0.39 is 5.41 Å². The van der Waals surface area contributed by atoms with E-state index in [-0.39, 0.29) is 11.3 Å². The minimum Gasteiger partial charge on any atom is -0.325 e. The van der Waals surface area contributed by atoms with Gasteiger partial charge in [0.05, 0.1) is 10.8 Å². The molecule has 1 aliphatic rings. The molecule has 21 heavy (non-hydrogen) atoms. The first-order valence-corrected chi connectivity index (χ1v) is 7.56. The summed E-state index contributed by atoms with van der Waals surface area (Å²) in [6.07, 6.45) is 0. The maximum atomic E-state index is 12.0. The van der Waals surface area contributed by atoms with Crippen molar-refractivity contribution in [3.8, 4) is 0 Å². The predicted molar refractivity (Wildman–Crippen MR) is 87.2 cm³/mol.